The highest BCUT2D eigenvalue weighted by atomic mass is 16.5. The van der Waals surface area contributed by atoms with Gasteiger partial charge in [-0.25, -0.2) is 0 Å². The van der Waals surface area contributed by atoms with Crippen LogP contribution in [0.5, 0.6) is 0 Å². The molecule has 0 aliphatic carbocycles. The molecule has 2 heterocycles. The van der Waals surface area contributed by atoms with Gasteiger partial charge in [0.2, 0.25) is 5.91 Å². The summed E-state index contributed by atoms with van der Waals surface area (Å²) in [5.41, 5.74) is 1.31. The molecule has 0 spiro atoms. The average molecular weight is 224 g/mol. The number of carbonyl (C=O) groups is 1. The van der Waals surface area contributed by atoms with Crippen LogP contribution in [0, 0.1) is 0 Å². The van der Waals surface area contributed by atoms with Crippen molar-refractivity contribution in [3.05, 3.63) is 11.6 Å². The summed E-state index contributed by atoms with van der Waals surface area (Å²) in [6.07, 6.45) is 5.19. The van der Waals surface area contributed by atoms with E-state index in [0.29, 0.717) is 6.61 Å². The van der Waals surface area contributed by atoms with Crippen molar-refractivity contribution in [2.75, 3.05) is 33.4 Å². The van der Waals surface area contributed by atoms with E-state index in [1.54, 1.807) is 7.11 Å². The molecule has 1 amide bonds. The van der Waals surface area contributed by atoms with Gasteiger partial charge in [0.1, 0.15) is 0 Å². The number of carbonyl (C=O) groups excluding carboxylic acids is 1. The number of hydrogen-bond donors (Lipinski definition) is 1. The lowest BCUT2D eigenvalue weighted by Gasteiger charge is -2.28. The Balaban J connectivity index is 1.85. The molecule has 4 nitrogen and oxygen atoms in total. The molecule has 2 rings (SSSR count). The number of hydrogen-bond acceptors (Lipinski definition) is 3. The molecule has 0 aromatic carbocycles. The molecule has 4 heteroatoms. The van der Waals surface area contributed by atoms with Gasteiger partial charge in [0.25, 0.3) is 0 Å². The van der Waals surface area contributed by atoms with Crippen LogP contribution in [-0.2, 0) is 9.53 Å². The van der Waals surface area contributed by atoms with Gasteiger partial charge in [0.05, 0.1) is 12.6 Å². The minimum atomic E-state index is 0.0670. The molecule has 1 atom stereocenters. The molecule has 0 aromatic heterocycles. The topological polar surface area (TPSA) is 41.6 Å². The van der Waals surface area contributed by atoms with Crippen molar-refractivity contribution < 1.29 is 9.53 Å². The van der Waals surface area contributed by atoms with Crippen molar-refractivity contribution in [2.24, 2.45) is 0 Å². The summed E-state index contributed by atoms with van der Waals surface area (Å²) >= 11 is 0. The quantitative estimate of drug-likeness (QED) is 0.712. The van der Waals surface area contributed by atoms with Crippen LogP contribution >= 0.6 is 0 Å². The van der Waals surface area contributed by atoms with Gasteiger partial charge < -0.3 is 15.0 Å². The van der Waals surface area contributed by atoms with E-state index >= 15 is 0 Å². The molecule has 0 radical (unpaired) electrons. The zero-order valence-corrected chi connectivity index (χ0v) is 9.87. The van der Waals surface area contributed by atoms with E-state index < -0.39 is 0 Å². The fraction of sp³-hybridized carbons (Fsp3) is 0.750. The molecule has 2 aliphatic rings. The highest BCUT2D eigenvalue weighted by Gasteiger charge is 2.27. The van der Waals surface area contributed by atoms with E-state index in [1.807, 2.05) is 4.90 Å². The number of nitrogens with one attached hydrogen (secondary N) is 1. The first-order chi connectivity index (χ1) is 7.81. The van der Waals surface area contributed by atoms with Gasteiger partial charge in [-0.1, -0.05) is 6.08 Å². The van der Waals surface area contributed by atoms with E-state index in [4.69, 9.17) is 4.74 Å². The van der Waals surface area contributed by atoms with Crippen LogP contribution in [0.25, 0.3) is 0 Å². The summed E-state index contributed by atoms with van der Waals surface area (Å²) in [5.74, 6) is 0.269. The molecular weight excluding hydrogens is 204 g/mol. The summed E-state index contributed by atoms with van der Waals surface area (Å²) in [4.78, 5) is 14.0. The predicted octanol–water partition coefficient (Wildman–Crippen LogP) is 0.543. The lowest BCUT2D eigenvalue weighted by atomic mass is 10.1. The Kier molecular flexibility index (Phi) is 3.96. The summed E-state index contributed by atoms with van der Waals surface area (Å²) in [6.45, 7) is 3.26. The van der Waals surface area contributed by atoms with Crippen molar-refractivity contribution in [3.63, 3.8) is 0 Å². The first-order valence-corrected chi connectivity index (χ1v) is 6.00. The standard InChI is InChI=1S/C12H20N2O2/c1-16-9-10-4-7-14(8-5-10)12(15)11-3-2-6-13-11/h4,11,13H,2-3,5-9H2,1H3. The van der Waals surface area contributed by atoms with Gasteiger partial charge in [-0.3, -0.25) is 4.79 Å². The van der Waals surface area contributed by atoms with Gasteiger partial charge in [0, 0.05) is 20.2 Å². The van der Waals surface area contributed by atoms with Crippen molar-refractivity contribution in [2.45, 2.75) is 25.3 Å². The number of ether oxygens (including phenoxy) is 1. The third-order valence-corrected chi connectivity index (χ3v) is 3.30. The van der Waals surface area contributed by atoms with Crippen LogP contribution in [0.1, 0.15) is 19.3 Å². The van der Waals surface area contributed by atoms with Gasteiger partial charge in [0.15, 0.2) is 0 Å². The summed E-state index contributed by atoms with van der Waals surface area (Å²) < 4.78 is 5.09. The van der Waals surface area contributed by atoms with Crippen LogP contribution in [-0.4, -0.2) is 50.2 Å². The highest BCUT2D eigenvalue weighted by molar-refractivity contribution is 5.82. The molecule has 1 fully saturated rings. The van der Waals surface area contributed by atoms with Gasteiger partial charge in [-0.15, -0.1) is 0 Å². The third kappa shape index (κ3) is 2.62. The van der Waals surface area contributed by atoms with Crippen LogP contribution in [0.15, 0.2) is 11.6 Å². The molecule has 1 N–H and O–H groups in total. The third-order valence-electron chi connectivity index (χ3n) is 3.30. The van der Waals surface area contributed by atoms with Crippen LogP contribution < -0.4 is 5.32 Å². The monoisotopic (exact) mass is 224 g/mol. The number of amides is 1. The lowest BCUT2D eigenvalue weighted by molar-refractivity contribution is -0.132. The zero-order chi connectivity index (χ0) is 11.4. The fourth-order valence-electron chi connectivity index (χ4n) is 2.34. The van der Waals surface area contributed by atoms with E-state index in [0.717, 1.165) is 38.9 Å². The van der Waals surface area contributed by atoms with Crippen molar-refractivity contribution in [1.82, 2.24) is 10.2 Å². The Labute approximate surface area is 96.6 Å². The first kappa shape index (κ1) is 11.6. The van der Waals surface area contributed by atoms with Crippen LogP contribution in [0.4, 0.5) is 0 Å². The summed E-state index contributed by atoms with van der Waals surface area (Å²) in [6, 6.07) is 0.0670. The summed E-state index contributed by atoms with van der Waals surface area (Å²) in [5, 5.41) is 3.25. The molecule has 90 valence electrons. The number of nitrogens with zero attached hydrogens (tertiary/aromatic N) is 1. The maximum absolute atomic E-state index is 12.1. The van der Waals surface area contributed by atoms with Gasteiger partial charge in [-0.05, 0) is 31.4 Å². The Morgan fingerprint density at radius 1 is 1.69 bits per heavy atom. The molecule has 1 saturated heterocycles. The van der Waals surface area contributed by atoms with Crippen molar-refractivity contribution in [1.29, 1.82) is 0 Å². The second-order valence-corrected chi connectivity index (χ2v) is 4.48. The maximum Gasteiger partial charge on any atom is 0.239 e. The minimum absolute atomic E-state index is 0.0670. The normalized spacial score (nSPS) is 25.7. The Hall–Kier alpha value is -0.870. The Morgan fingerprint density at radius 3 is 3.12 bits per heavy atom. The molecule has 0 saturated carbocycles. The molecular formula is C12H20N2O2. The SMILES string of the molecule is COCC1=CCN(C(=O)C2CCCN2)CC1. The Bertz CT molecular complexity index is 283. The minimum Gasteiger partial charge on any atom is -0.380 e. The largest absolute Gasteiger partial charge is 0.380 e. The second-order valence-electron chi connectivity index (χ2n) is 4.48. The van der Waals surface area contributed by atoms with Crippen LogP contribution in [0.3, 0.4) is 0 Å². The van der Waals surface area contributed by atoms with E-state index in [9.17, 15) is 4.79 Å². The van der Waals surface area contributed by atoms with E-state index in [1.165, 1.54) is 5.57 Å². The van der Waals surface area contributed by atoms with Gasteiger partial charge in [-0.2, -0.15) is 0 Å². The molecule has 0 aromatic rings. The molecule has 16 heavy (non-hydrogen) atoms. The van der Waals surface area contributed by atoms with Gasteiger partial charge >= 0.3 is 0 Å². The van der Waals surface area contributed by atoms with E-state index in [-0.39, 0.29) is 11.9 Å². The van der Waals surface area contributed by atoms with Crippen LogP contribution in [0.2, 0.25) is 0 Å². The van der Waals surface area contributed by atoms with Crippen molar-refractivity contribution >= 4 is 5.91 Å². The zero-order valence-electron chi connectivity index (χ0n) is 9.87. The maximum atomic E-state index is 12.1. The summed E-state index contributed by atoms with van der Waals surface area (Å²) in [7, 11) is 1.71. The second kappa shape index (κ2) is 5.46. The smallest absolute Gasteiger partial charge is 0.239 e. The molecule has 1 unspecified atom stereocenters. The van der Waals surface area contributed by atoms with E-state index in [2.05, 4.69) is 11.4 Å². The number of rotatable bonds is 3. The lowest BCUT2D eigenvalue weighted by Crippen LogP contribution is -2.45. The number of methoxy groups -OCH3 is 1. The molecule has 0 bridgehead atoms. The average Bonchev–Trinajstić information content (AvgIpc) is 2.83. The molecule has 2 aliphatic heterocycles. The first-order valence-electron chi connectivity index (χ1n) is 6.00. The Morgan fingerprint density at radius 2 is 2.56 bits per heavy atom. The highest BCUT2D eigenvalue weighted by Crippen LogP contribution is 2.14. The van der Waals surface area contributed by atoms with Crippen molar-refractivity contribution in [3.8, 4) is 0 Å². The fourth-order valence-corrected chi connectivity index (χ4v) is 2.34. The predicted molar refractivity (Wildman–Crippen MR) is 62.2 cm³/mol.